The normalized spacial score (nSPS) is 17.9. The van der Waals surface area contributed by atoms with Crippen LogP contribution >= 0.6 is 23.2 Å². The minimum absolute atomic E-state index is 0.429. The van der Waals surface area contributed by atoms with E-state index in [1.54, 1.807) is 6.07 Å². The van der Waals surface area contributed by atoms with Crippen LogP contribution in [0.4, 0.5) is 11.4 Å². The molecule has 18 heavy (non-hydrogen) atoms. The van der Waals surface area contributed by atoms with Crippen molar-refractivity contribution in [1.29, 1.82) is 0 Å². The van der Waals surface area contributed by atoms with Crippen LogP contribution in [0.15, 0.2) is 12.1 Å². The predicted octanol–water partition coefficient (Wildman–Crippen LogP) is 4.96. The van der Waals surface area contributed by atoms with E-state index in [0.29, 0.717) is 21.1 Å². The number of nitrogens with two attached hydrogens (primary N) is 1. The zero-order valence-electron chi connectivity index (χ0n) is 10.7. The summed E-state index contributed by atoms with van der Waals surface area (Å²) in [6, 6.07) is 3.52. The molecule has 4 heteroatoms. The van der Waals surface area contributed by atoms with E-state index in [4.69, 9.17) is 28.9 Å². The van der Waals surface area contributed by atoms with Crippen LogP contribution in [-0.4, -0.2) is 6.54 Å². The summed E-state index contributed by atoms with van der Waals surface area (Å²) in [4.78, 5) is 0. The molecule has 0 aliphatic heterocycles. The van der Waals surface area contributed by atoms with E-state index < -0.39 is 0 Å². The van der Waals surface area contributed by atoms with Crippen LogP contribution in [0.2, 0.25) is 10.0 Å². The number of hydrogen-bond donors (Lipinski definition) is 2. The Hall–Kier alpha value is -0.600. The Morgan fingerprint density at radius 1 is 1.22 bits per heavy atom. The summed E-state index contributed by atoms with van der Waals surface area (Å²) in [6.07, 6.45) is 6.50. The topological polar surface area (TPSA) is 38.0 Å². The van der Waals surface area contributed by atoms with Crippen LogP contribution in [-0.2, 0) is 0 Å². The van der Waals surface area contributed by atoms with Crippen molar-refractivity contribution in [3.05, 3.63) is 22.2 Å². The fourth-order valence-corrected chi connectivity index (χ4v) is 3.11. The summed E-state index contributed by atoms with van der Waals surface area (Å²) in [5.74, 6) is 0. The molecule has 0 bridgehead atoms. The van der Waals surface area contributed by atoms with Crippen molar-refractivity contribution in [3.63, 3.8) is 0 Å². The first kappa shape index (κ1) is 13.8. The molecule has 0 aromatic heterocycles. The summed E-state index contributed by atoms with van der Waals surface area (Å²) < 4.78 is 0. The lowest BCUT2D eigenvalue weighted by atomic mass is 9.83. The van der Waals surface area contributed by atoms with Gasteiger partial charge in [-0.05, 0) is 36.8 Å². The van der Waals surface area contributed by atoms with E-state index in [-0.39, 0.29) is 0 Å². The van der Waals surface area contributed by atoms with Gasteiger partial charge in [0.15, 0.2) is 0 Å². The molecule has 3 N–H and O–H groups in total. The quantitative estimate of drug-likeness (QED) is 0.768. The van der Waals surface area contributed by atoms with Gasteiger partial charge in [0.1, 0.15) is 0 Å². The second-order valence-corrected chi connectivity index (χ2v) is 6.08. The third-order valence-corrected chi connectivity index (χ3v) is 4.88. The van der Waals surface area contributed by atoms with Gasteiger partial charge in [-0.15, -0.1) is 0 Å². The first-order valence-electron chi connectivity index (χ1n) is 6.55. The SMILES string of the molecule is CCC1(CNc2cc(Cl)c(Cl)cc2N)CCCC1. The first-order valence-corrected chi connectivity index (χ1v) is 7.30. The van der Waals surface area contributed by atoms with Crippen molar-refractivity contribution >= 4 is 34.6 Å². The third kappa shape index (κ3) is 2.86. The molecule has 100 valence electrons. The van der Waals surface area contributed by atoms with Gasteiger partial charge in [-0.3, -0.25) is 0 Å². The number of nitrogens with one attached hydrogen (secondary N) is 1. The molecule has 0 unspecified atom stereocenters. The van der Waals surface area contributed by atoms with Crippen LogP contribution in [0.25, 0.3) is 0 Å². The van der Waals surface area contributed by atoms with Crippen LogP contribution in [0, 0.1) is 5.41 Å². The lowest BCUT2D eigenvalue weighted by Gasteiger charge is -2.28. The molecule has 0 heterocycles. The number of rotatable bonds is 4. The van der Waals surface area contributed by atoms with Gasteiger partial charge in [0, 0.05) is 6.54 Å². The average molecular weight is 287 g/mol. The van der Waals surface area contributed by atoms with Gasteiger partial charge < -0.3 is 11.1 Å². The minimum atomic E-state index is 0.429. The number of benzene rings is 1. The lowest BCUT2D eigenvalue weighted by Crippen LogP contribution is -2.26. The smallest absolute Gasteiger partial charge is 0.0614 e. The lowest BCUT2D eigenvalue weighted by molar-refractivity contribution is 0.307. The zero-order chi connectivity index (χ0) is 13.2. The van der Waals surface area contributed by atoms with Crippen molar-refractivity contribution in [1.82, 2.24) is 0 Å². The van der Waals surface area contributed by atoms with E-state index in [2.05, 4.69) is 12.2 Å². The van der Waals surface area contributed by atoms with E-state index >= 15 is 0 Å². The zero-order valence-corrected chi connectivity index (χ0v) is 12.2. The Bertz CT molecular complexity index is 426. The highest BCUT2D eigenvalue weighted by atomic mass is 35.5. The van der Waals surface area contributed by atoms with E-state index in [0.717, 1.165) is 12.2 Å². The van der Waals surface area contributed by atoms with Crippen molar-refractivity contribution in [2.24, 2.45) is 5.41 Å². The monoisotopic (exact) mass is 286 g/mol. The van der Waals surface area contributed by atoms with E-state index in [1.165, 1.54) is 32.1 Å². The van der Waals surface area contributed by atoms with Crippen molar-refractivity contribution < 1.29 is 0 Å². The van der Waals surface area contributed by atoms with Crippen LogP contribution in [0.5, 0.6) is 0 Å². The van der Waals surface area contributed by atoms with Gasteiger partial charge in [0.2, 0.25) is 0 Å². The molecule has 1 aliphatic rings. The molecule has 1 saturated carbocycles. The highest BCUT2D eigenvalue weighted by Gasteiger charge is 2.31. The summed E-state index contributed by atoms with van der Waals surface area (Å²) >= 11 is 12.0. The maximum absolute atomic E-state index is 6.02. The molecule has 0 amide bonds. The fourth-order valence-electron chi connectivity index (χ4n) is 2.78. The number of hydrogen-bond acceptors (Lipinski definition) is 2. The van der Waals surface area contributed by atoms with Crippen molar-refractivity contribution in [3.8, 4) is 0 Å². The fraction of sp³-hybridized carbons (Fsp3) is 0.571. The number of nitrogen functional groups attached to an aromatic ring is 1. The molecule has 1 fully saturated rings. The Morgan fingerprint density at radius 2 is 1.83 bits per heavy atom. The molecule has 1 aliphatic carbocycles. The second-order valence-electron chi connectivity index (χ2n) is 5.27. The highest BCUT2D eigenvalue weighted by Crippen LogP contribution is 2.41. The Kier molecular flexibility index (Phi) is 4.29. The van der Waals surface area contributed by atoms with Gasteiger partial charge in [0.05, 0.1) is 21.4 Å². The van der Waals surface area contributed by atoms with Gasteiger partial charge in [-0.2, -0.15) is 0 Å². The van der Waals surface area contributed by atoms with E-state index in [1.807, 2.05) is 6.07 Å². The third-order valence-electron chi connectivity index (χ3n) is 4.16. The van der Waals surface area contributed by atoms with Gasteiger partial charge in [0.25, 0.3) is 0 Å². The van der Waals surface area contributed by atoms with Crippen LogP contribution in [0.1, 0.15) is 39.0 Å². The van der Waals surface area contributed by atoms with Crippen molar-refractivity contribution in [2.75, 3.05) is 17.6 Å². The minimum Gasteiger partial charge on any atom is -0.397 e. The number of halogens is 2. The Morgan fingerprint density at radius 3 is 2.44 bits per heavy atom. The predicted molar refractivity (Wildman–Crippen MR) is 80.6 cm³/mol. The van der Waals surface area contributed by atoms with Gasteiger partial charge in [-0.25, -0.2) is 0 Å². The Labute approximate surface area is 119 Å². The molecule has 2 rings (SSSR count). The highest BCUT2D eigenvalue weighted by molar-refractivity contribution is 6.42. The largest absolute Gasteiger partial charge is 0.397 e. The standard InChI is InChI=1S/C14H20Cl2N2/c1-2-14(5-3-4-6-14)9-18-13-8-11(16)10(15)7-12(13)17/h7-8,18H,2-6,9,17H2,1H3. The van der Waals surface area contributed by atoms with Crippen molar-refractivity contribution in [2.45, 2.75) is 39.0 Å². The molecular weight excluding hydrogens is 267 g/mol. The summed E-state index contributed by atoms with van der Waals surface area (Å²) in [5.41, 5.74) is 7.94. The molecule has 0 saturated heterocycles. The first-order chi connectivity index (χ1) is 8.56. The Balaban J connectivity index is 2.08. The molecule has 0 atom stereocenters. The van der Waals surface area contributed by atoms with Gasteiger partial charge >= 0.3 is 0 Å². The number of anilines is 2. The molecule has 1 aromatic rings. The molecule has 2 nitrogen and oxygen atoms in total. The van der Waals surface area contributed by atoms with Gasteiger partial charge in [-0.1, -0.05) is 43.0 Å². The molecule has 1 aromatic carbocycles. The maximum Gasteiger partial charge on any atom is 0.0614 e. The van der Waals surface area contributed by atoms with Crippen LogP contribution in [0.3, 0.4) is 0 Å². The molecular formula is C14H20Cl2N2. The average Bonchev–Trinajstić information content (AvgIpc) is 2.82. The van der Waals surface area contributed by atoms with E-state index in [9.17, 15) is 0 Å². The maximum atomic E-state index is 6.02. The van der Waals surface area contributed by atoms with Crippen LogP contribution < -0.4 is 11.1 Å². The molecule has 0 radical (unpaired) electrons. The summed E-state index contributed by atoms with van der Waals surface area (Å²) in [6.45, 7) is 3.23. The second kappa shape index (κ2) is 5.58. The summed E-state index contributed by atoms with van der Waals surface area (Å²) in [5, 5.41) is 4.50. The summed E-state index contributed by atoms with van der Waals surface area (Å²) in [7, 11) is 0. The molecule has 0 spiro atoms.